The number of amides is 1. The first-order chi connectivity index (χ1) is 10.8. The Morgan fingerprint density at radius 1 is 1.17 bits per heavy atom. The molecule has 126 valence electrons. The second kappa shape index (κ2) is 8.52. The lowest BCUT2D eigenvalue weighted by Gasteiger charge is -2.28. The number of para-hydroxylation sites is 1. The zero-order valence-corrected chi connectivity index (χ0v) is 16.0. The molecule has 0 atom stereocenters. The van der Waals surface area contributed by atoms with Crippen molar-refractivity contribution in [3.63, 3.8) is 0 Å². The van der Waals surface area contributed by atoms with Crippen LogP contribution in [-0.2, 0) is 11.2 Å². The number of fused-ring (bicyclic) bond motifs is 1. The number of piperidine rings is 1. The number of benzene rings is 1. The zero-order chi connectivity index (χ0) is 15.4. The highest BCUT2D eigenvalue weighted by Crippen LogP contribution is 2.27. The van der Waals surface area contributed by atoms with Gasteiger partial charge in [0.05, 0.1) is 6.54 Å². The van der Waals surface area contributed by atoms with Crippen LogP contribution in [-0.4, -0.2) is 50.0 Å². The van der Waals surface area contributed by atoms with Gasteiger partial charge in [-0.15, -0.1) is 24.0 Å². The average Bonchev–Trinajstić information content (AvgIpc) is 3.00. The standard InChI is InChI=1S/C17H24N4O.HI/c1-18-17(19-13-16(22)20-10-5-2-6-11-20)21-12-9-14-7-3-4-8-15(14)21;/h3-4,7-8H,2,5-6,9-13H2,1H3,(H,18,19);1H. The van der Waals surface area contributed by atoms with E-state index in [0.717, 1.165) is 44.9 Å². The fourth-order valence-electron chi connectivity index (χ4n) is 3.26. The molecule has 0 saturated carbocycles. The molecule has 1 saturated heterocycles. The van der Waals surface area contributed by atoms with E-state index in [0.29, 0.717) is 6.54 Å². The second-order valence-electron chi connectivity index (χ2n) is 5.87. The second-order valence-corrected chi connectivity index (χ2v) is 5.87. The molecule has 0 unspecified atom stereocenters. The summed E-state index contributed by atoms with van der Waals surface area (Å²) in [4.78, 5) is 20.7. The Kier molecular flexibility index (Phi) is 6.68. The van der Waals surface area contributed by atoms with Crippen LogP contribution in [0.1, 0.15) is 24.8 Å². The van der Waals surface area contributed by atoms with Gasteiger partial charge < -0.3 is 15.1 Å². The molecular weight excluding hydrogens is 403 g/mol. The molecule has 0 spiro atoms. The molecule has 0 radical (unpaired) electrons. The van der Waals surface area contributed by atoms with Gasteiger partial charge in [-0.1, -0.05) is 18.2 Å². The quantitative estimate of drug-likeness (QED) is 0.447. The van der Waals surface area contributed by atoms with Crippen LogP contribution in [0.5, 0.6) is 0 Å². The topological polar surface area (TPSA) is 47.9 Å². The number of anilines is 1. The molecule has 1 aromatic rings. The lowest BCUT2D eigenvalue weighted by molar-refractivity contribution is -0.130. The maximum atomic E-state index is 12.3. The highest BCUT2D eigenvalue weighted by atomic mass is 127. The number of hydrogen-bond donors (Lipinski definition) is 1. The van der Waals surface area contributed by atoms with Crippen LogP contribution in [0.3, 0.4) is 0 Å². The van der Waals surface area contributed by atoms with Crippen LogP contribution < -0.4 is 10.2 Å². The summed E-state index contributed by atoms with van der Waals surface area (Å²) in [7, 11) is 1.77. The van der Waals surface area contributed by atoms with Gasteiger partial charge in [-0.3, -0.25) is 9.79 Å². The van der Waals surface area contributed by atoms with E-state index in [2.05, 4.69) is 33.4 Å². The smallest absolute Gasteiger partial charge is 0.241 e. The molecule has 1 N–H and O–H groups in total. The van der Waals surface area contributed by atoms with Crippen LogP contribution in [0, 0.1) is 0 Å². The summed E-state index contributed by atoms with van der Waals surface area (Å²) in [6.45, 7) is 3.03. The third-order valence-electron chi connectivity index (χ3n) is 4.46. The van der Waals surface area contributed by atoms with Crippen molar-refractivity contribution >= 4 is 41.5 Å². The van der Waals surface area contributed by atoms with Crippen LogP contribution in [0.25, 0.3) is 0 Å². The maximum absolute atomic E-state index is 12.3. The Balaban J connectivity index is 0.00000192. The molecule has 0 aliphatic carbocycles. The summed E-state index contributed by atoms with van der Waals surface area (Å²) in [5.41, 5.74) is 2.54. The molecule has 1 fully saturated rings. The number of halogens is 1. The first kappa shape index (κ1) is 18.0. The number of likely N-dealkylation sites (tertiary alicyclic amines) is 1. The monoisotopic (exact) mass is 428 g/mol. The molecule has 2 aliphatic rings. The van der Waals surface area contributed by atoms with E-state index < -0.39 is 0 Å². The summed E-state index contributed by atoms with van der Waals surface area (Å²) in [6, 6.07) is 8.38. The normalized spacial score (nSPS) is 17.5. The number of aliphatic imine (C=N–C) groups is 1. The van der Waals surface area contributed by atoms with Gasteiger partial charge in [-0.2, -0.15) is 0 Å². The van der Waals surface area contributed by atoms with E-state index in [1.54, 1.807) is 7.05 Å². The summed E-state index contributed by atoms with van der Waals surface area (Å²) >= 11 is 0. The average molecular weight is 428 g/mol. The van der Waals surface area contributed by atoms with Gasteiger partial charge in [0.15, 0.2) is 5.96 Å². The Labute approximate surface area is 155 Å². The molecule has 1 amide bonds. The summed E-state index contributed by atoms with van der Waals surface area (Å²) < 4.78 is 0. The van der Waals surface area contributed by atoms with Gasteiger partial charge in [0.25, 0.3) is 0 Å². The van der Waals surface area contributed by atoms with Crippen molar-refractivity contribution in [1.29, 1.82) is 0 Å². The number of carbonyl (C=O) groups excluding carboxylic acids is 1. The Morgan fingerprint density at radius 2 is 1.91 bits per heavy atom. The Morgan fingerprint density at radius 3 is 2.65 bits per heavy atom. The third kappa shape index (κ3) is 4.16. The minimum Gasteiger partial charge on any atom is -0.347 e. The maximum Gasteiger partial charge on any atom is 0.241 e. The minimum atomic E-state index is 0. The number of nitrogens with zero attached hydrogens (tertiary/aromatic N) is 3. The fraction of sp³-hybridized carbons (Fsp3) is 0.529. The predicted molar refractivity (Wildman–Crippen MR) is 105 cm³/mol. The SMILES string of the molecule is CN=C(NCC(=O)N1CCCCC1)N1CCc2ccccc21.I. The first-order valence-electron chi connectivity index (χ1n) is 8.13. The van der Waals surface area contributed by atoms with Gasteiger partial charge in [0.2, 0.25) is 5.91 Å². The number of carbonyl (C=O) groups is 1. The molecule has 6 heteroatoms. The lowest BCUT2D eigenvalue weighted by atomic mass is 10.1. The molecule has 2 heterocycles. The first-order valence-corrected chi connectivity index (χ1v) is 8.13. The van der Waals surface area contributed by atoms with E-state index in [4.69, 9.17) is 0 Å². The third-order valence-corrected chi connectivity index (χ3v) is 4.46. The van der Waals surface area contributed by atoms with Crippen LogP contribution in [0.15, 0.2) is 29.3 Å². The molecule has 1 aromatic carbocycles. The van der Waals surface area contributed by atoms with Gasteiger partial charge in [-0.05, 0) is 37.3 Å². The van der Waals surface area contributed by atoms with Gasteiger partial charge >= 0.3 is 0 Å². The van der Waals surface area contributed by atoms with Crippen molar-refractivity contribution in [2.75, 3.05) is 38.1 Å². The van der Waals surface area contributed by atoms with Crippen LogP contribution in [0.2, 0.25) is 0 Å². The molecular formula is C17H25IN4O. The van der Waals surface area contributed by atoms with Crippen molar-refractivity contribution in [2.45, 2.75) is 25.7 Å². The highest BCUT2D eigenvalue weighted by Gasteiger charge is 2.23. The number of nitrogens with one attached hydrogen (secondary N) is 1. The Bertz CT molecular complexity index is 569. The molecule has 23 heavy (non-hydrogen) atoms. The van der Waals surface area contributed by atoms with Crippen LogP contribution >= 0.6 is 24.0 Å². The van der Waals surface area contributed by atoms with Crippen LogP contribution in [0.4, 0.5) is 5.69 Å². The van der Waals surface area contributed by atoms with Crippen molar-refractivity contribution < 1.29 is 4.79 Å². The predicted octanol–water partition coefficient (Wildman–Crippen LogP) is 2.26. The molecule has 2 aliphatic heterocycles. The van der Waals surface area contributed by atoms with Crippen molar-refractivity contribution in [2.24, 2.45) is 4.99 Å². The van der Waals surface area contributed by atoms with Crippen molar-refractivity contribution in [3.05, 3.63) is 29.8 Å². The van der Waals surface area contributed by atoms with E-state index in [1.165, 1.54) is 17.7 Å². The summed E-state index contributed by atoms with van der Waals surface area (Å²) in [6.07, 6.45) is 4.51. The van der Waals surface area contributed by atoms with Crippen molar-refractivity contribution in [1.82, 2.24) is 10.2 Å². The molecule has 3 rings (SSSR count). The lowest BCUT2D eigenvalue weighted by Crippen LogP contribution is -2.47. The van der Waals surface area contributed by atoms with E-state index in [1.807, 2.05) is 11.0 Å². The summed E-state index contributed by atoms with van der Waals surface area (Å²) in [5.74, 6) is 0.962. The van der Waals surface area contributed by atoms with E-state index in [-0.39, 0.29) is 29.9 Å². The molecule has 0 bridgehead atoms. The van der Waals surface area contributed by atoms with Crippen molar-refractivity contribution in [3.8, 4) is 0 Å². The van der Waals surface area contributed by atoms with E-state index in [9.17, 15) is 4.79 Å². The molecule has 5 nitrogen and oxygen atoms in total. The molecule has 0 aromatic heterocycles. The summed E-state index contributed by atoms with van der Waals surface area (Å²) in [5, 5.41) is 3.23. The number of guanidine groups is 1. The van der Waals surface area contributed by atoms with E-state index >= 15 is 0 Å². The number of rotatable bonds is 2. The van der Waals surface area contributed by atoms with Gasteiger partial charge in [0.1, 0.15) is 0 Å². The largest absolute Gasteiger partial charge is 0.347 e. The van der Waals surface area contributed by atoms with Gasteiger partial charge in [0, 0.05) is 32.4 Å². The zero-order valence-electron chi connectivity index (χ0n) is 13.6. The van der Waals surface area contributed by atoms with Gasteiger partial charge in [-0.25, -0.2) is 0 Å². The highest BCUT2D eigenvalue weighted by molar-refractivity contribution is 14.0. The fourth-order valence-corrected chi connectivity index (χ4v) is 3.26. The number of hydrogen-bond acceptors (Lipinski definition) is 2. The minimum absolute atomic E-state index is 0. The Hall–Kier alpha value is -1.31.